The number of nitrogens with two attached hydrogens (primary N) is 1. The average molecular weight is 190 g/mol. The minimum atomic E-state index is 0.0520. The fourth-order valence-electron chi connectivity index (χ4n) is 1.75. The lowest BCUT2D eigenvalue weighted by molar-refractivity contribution is 0.621. The Labute approximate surface area is 85.8 Å². The van der Waals surface area contributed by atoms with Gasteiger partial charge in [0.15, 0.2) is 0 Å². The maximum atomic E-state index is 5.53. The van der Waals surface area contributed by atoms with Gasteiger partial charge in [0.2, 0.25) is 0 Å². The molecule has 14 heavy (non-hydrogen) atoms. The highest BCUT2D eigenvalue weighted by molar-refractivity contribution is 5.39. The van der Waals surface area contributed by atoms with Crippen molar-refractivity contribution in [1.29, 1.82) is 0 Å². The quantitative estimate of drug-likeness (QED) is 0.436. The van der Waals surface area contributed by atoms with Gasteiger partial charge in [-0.3, -0.25) is 5.84 Å². The summed E-state index contributed by atoms with van der Waals surface area (Å²) in [6, 6.07) is 6.29. The molecule has 0 aromatic heterocycles. The zero-order chi connectivity index (χ0) is 10.7. The van der Waals surface area contributed by atoms with Gasteiger partial charge in [0.1, 0.15) is 0 Å². The predicted octanol–water partition coefficient (Wildman–Crippen LogP) is 2.38. The minimum absolute atomic E-state index is 0.0520. The second-order valence-electron chi connectivity index (χ2n) is 3.75. The molecule has 2 nitrogen and oxygen atoms in total. The highest BCUT2D eigenvalue weighted by atomic mass is 15.2. The third-order valence-electron chi connectivity index (χ3n) is 2.49. The number of benzene rings is 1. The molecular formula is C12H18N2. The first-order valence-corrected chi connectivity index (χ1v) is 4.75. The SMILES string of the molecule is C=C(C)C(NN)c1c(C)cccc1C. The Kier molecular flexibility index (Phi) is 3.44. The van der Waals surface area contributed by atoms with E-state index in [1.165, 1.54) is 16.7 Å². The van der Waals surface area contributed by atoms with Gasteiger partial charge in [-0.15, -0.1) is 0 Å². The molecule has 0 amide bonds. The Morgan fingerprint density at radius 2 is 1.86 bits per heavy atom. The van der Waals surface area contributed by atoms with E-state index in [0.717, 1.165) is 5.57 Å². The van der Waals surface area contributed by atoms with Gasteiger partial charge in [0, 0.05) is 0 Å². The molecule has 3 N–H and O–H groups in total. The molecule has 0 saturated carbocycles. The van der Waals surface area contributed by atoms with Crippen molar-refractivity contribution in [3.8, 4) is 0 Å². The molecule has 0 radical (unpaired) electrons. The van der Waals surface area contributed by atoms with E-state index in [1.54, 1.807) is 0 Å². The van der Waals surface area contributed by atoms with Crippen LogP contribution in [0.25, 0.3) is 0 Å². The van der Waals surface area contributed by atoms with E-state index in [2.05, 4.69) is 44.1 Å². The van der Waals surface area contributed by atoms with Gasteiger partial charge >= 0.3 is 0 Å². The molecule has 0 aliphatic heterocycles. The van der Waals surface area contributed by atoms with E-state index in [-0.39, 0.29) is 6.04 Å². The van der Waals surface area contributed by atoms with Crippen LogP contribution in [0.15, 0.2) is 30.4 Å². The first kappa shape index (κ1) is 11.0. The lowest BCUT2D eigenvalue weighted by Crippen LogP contribution is -2.29. The second kappa shape index (κ2) is 4.40. The largest absolute Gasteiger partial charge is 0.271 e. The fourth-order valence-corrected chi connectivity index (χ4v) is 1.75. The molecule has 0 heterocycles. The number of rotatable bonds is 3. The molecule has 0 bridgehead atoms. The van der Waals surface area contributed by atoms with Gasteiger partial charge in [-0.05, 0) is 37.5 Å². The lowest BCUT2D eigenvalue weighted by atomic mass is 9.93. The summed E-state index contributed by atoms with van der Waals surface area (Å²) in [6.45, 7) is 10.1. The van der Waals surface area contributed by atoms with Crippen LogP contribution in [0.5, 0.6) is 0 Å². The number of hydrogen-bond acceptors (Lipinski definition) is 2. The Morgan fingerprint density at radius 1 is 1.36 bits per heavy atom. The van der Waals surface area contributed by atoms with Crippen molar-refractivity contribution < 1.29 is 0 Å². The van der Waals surface area contributed by atoms with E-state index >= 15 is 0 Å². The lowest BCUT2D eigenvalue weighted by Gasteiger charge is -2.20. The van der Waals surface area contributed by atoms with Gasteiger partial charge in [-0.25, -0.2) is 5.43 Å². The van der Waals surface area contributed by atoms with Crippen molar-refractivity contribution in [2.75, 3.05) is 0 Å². The fraction of sp³-hybridized carbons (Fsp3) is 0.333. The number of hydrogen-bond donors (Lipinski definition) is 2. The summed E-state index contributed by atoms with van der Waals surface area (Å²) in [5, 5.41) is 0. The number of hydrazine groups is 1. The maximum Gasteiger partial charge on any atom is 0.0669 e. The van der Waals surface area contributed by atoms with Gasteiger partial charge in [0.05, 0.1) is 6.04 Å². The van der Waals surface area contributed by atoms with Crippen LogP contribution in [0.3, 0.4) is 0 Å². The van der Waals surface area contributed by atoms with Gasteiger partial charge in [0.25, 0.3) is 0 Å². The van der Waals surface area contributed by atoms with E-state index in [0.29, 0.717) is 0 Å². The Balaban J connectivity index is 3.22. The van der Waals surface area contributed by atoms with Gasteiger partial charge in [-0.2, -0.15) is 0 Å². The molecule has 1 rings (SSSR count). The summed E-state index contributed by atoms with van der Waals surface area (Å²) in [5.41, 5.74) is 7.56. The van der Waals surface area contributed by atoms with Crippen LogP contribution < -0.4 is 11.3 Å². The summed E-state index contributed by atoms with van der Waals surface area (Å²) in [7, 11) is 0. The van der Waals surface area contributed by atoms with Crippen LogP contribution in [0.1, 0.15) is 29.7 Å². The monoisotopic (exact) mass is 190 g/mol. The molecule has 0 fully saturated rings. The Morgan fingerprint density at radius 3 is 2.21 bits per heavy atom. The molecule has 2 heteroatoms. The van der Waals surface area contributed by atoms with Crippen LogP contribution in [0.4, 0.5) is 0 Å². The first-order valence-electron chi connectivity index (χ1n) is 4.75. The van der Waals surface area contributed by atoms with Gasteiger partial charge < -0.3 is 0 Å². The normalized spacial score (nSPS) is 12.6. The van der Waals surface area contributed by atoms with Crippen molar-refractivity contribution >= 4 is 0 Å². The van der Waals surface area contributed by atoms with Crippen LogP contribution in [-0.2, 0) is 0 Å². The van der Waals surface area contributed by atoms with Crippen LogP contribution in [0, 0.1) is 13.8 Å². The van der Waals surface area contributed by atoms with Crippen molar-refractivity contribution in [2.24, 2.45) is 5.84 Å². The smallest absolute Gasteiger partial charge is 0.0669 e. The third kappa shape index (κ3) is 2.03. The highest BCUT2D eigenvalue weighted by Crippen LogP contribution is 2.25. The van der Waals surface area contributed by atoms with Crippen molar-refractivity contribution in [1.82, 2.24) is 5.43 Å². The molecule has 0 aliphatic carbocycles. The molecule has 0 aliphatic rings. The van der Waals surface area contributed by atoms with E-state index < -0.39 is 0 Å². The summed E-state index contributed by atoms with van der Waals surface area (Å²) in [5.74, 6) is 5.53. The molecule has 1 aromatic rings. The zero-order valence-electron chi connectivity index (χ0n) is 9.09. The third-order valence-corrected chi connectivity index (χ3v) is 2.49. The highest BCUT2D eigenvalue weighted by Gasteiger charge is 2.14. The van der Waals surface area contributed by atoms with Crippen molar-refractivity contribution in [3.05, 3.63) is 47.0 Å². The summed E-state index contributed by atoms with van der Waals surface area (Å²) in [6.07, 6.45) is 0. The molecular weight excluding hydrogens is 172 g/mol. The first-order chi connectivity index (χ1) is 6.57. The number of aryl methyl sites for hydroxylation is 2. The summed E-state index contributed by atoms with van der Waals surface area (Å²) in [4.78, 5) is 0. The van der Waals surface area contributed by atoms with E-state index in [9.17, 15) is 0 Å². The standard InChI is InChI=1S/C12H18N2/c1-8(2)12(14-13)11-9(3)6-5-7-10(11)4/h5-7,12,14H,1,13H2,2-4H3. The summed E-state index contributed by atoms with van der Waals surface area (Å²) < 4.78 is 0. The second-order valence-corrected chi connectivity index (χ2v) is 3.75. The van der Waals surface area contributed by atoms with Crippen LogP contribution >= 0.6 is 0 Å². The van der Waals surface area contributed by atoms with Gasteiger partial charge in [-0.1, -0.05) is 30.4 Å². The Bertz CT molecular complexity index is 322. The Hall–Kier alpha value is -1.12. The van der Waals surface area contributed by atoms with Crippen LogP contribution in [0.2, 0.25) is 0 Å². The number of nitrogens with one attached hydrogen (secondary N) is 1. The molecule has 1 atom stereocenters. The van der Waals surface area contributed by atoms with E-state index in [1.807, 2.05) is 6.92 Å². The van der Waals surface area contributed by atoms with Crippen LogP contribution in [-0.4, -0.2) is 0 Å². The predicted molar refractivity (Wildman–Crippen MR) is 60.8 cm³/mol. The molecule has 76 valence electrons. The van der Waals surface area contributed by atoms with E-state index in [4.69, 9.17) is 5.84 Å². The molecule has 1 aromatic carbocycles. The van der Waals surface area contributed by atoms with Crippen molar-refractivity contribution in [3.63, 3.8) is 0 Å². The average Bonchev–Trinajstić information content (AvgIpc) is 2.10. The molecule has 0 saturated heterocycles. The molecule has 1 unspecified atom stereocenters. The zero-order valence-corrected chi connectivity index (χ0v) is 9.09. The minimum Gasteiger partial charge on any atom is -0.271 e. The summed E-state index contributed by atoms with van der Waals surface area (Å²) >= 11 is 0. The topological polar surface area (TPSA) is 38.0 Å². The molecule has 0 spiro atoms. The van der Waals surface area contributed by atoms with Crippen molar-refractivity contribution in [2.45, 2.75) is 26.8 Å². The maximum absolute atomic E-state index is 5.53.